The molecule has 2 aliphatic heterocycles. The summed E-state index contributed by atoms with van der Waals surface area (Å²) in [6, 6.07) is 2.86. The van der Waals surface area contributed by atoms with Crippen LogP contribution in [0.4, 0.5) is 0 Å². The zero-order chi connectivity index (χ0) is 11.8. The molecule has 2 aliphatic rings. The SMILES string of the molecule is O=C1CC(NCc2sccc2Br)C2CCCN12. The van der Waals surface area contributed by atoms with Crippen molar-refractivity contribution in [3.63, 3.8) is 0 Å². The van der Waals surface area contributed by atoms with E-state index in [0.717, 1.165) is 25.9 Å². The van der Waals surface area contributed by atoms with Gasteiger partial charge in [-0.2, -0.15) is 0 Å². The summed E-state index contributed by atoms with van der Waals surface area (Å²) in [6.45, 7) is 1.82. The van der Waals surface area contributed by atoms with Crippen LogP contribution in [-0.4, -0.2) is 29.4 Å². The fraction of sp³-hybridized carbons (Fsp3) is 0.583. The van der Waals surface area contributed by atoms with E-state index in [1.54, 1.807) is 11.3 Å². The molecule has 0 saturated carbocycles. The van der Waals surface area contributed by atoms with Crippen LogP contribution in [0.2, 0.25) is 0 Å². The van der Waals surface area contributed by atoms with E-state index in [1.165, 1.54) is 9.35 Å². The first-order valence-corrected chi connectivity index (χ1v) is 7.67. The maximum atomic E-state index is 11.8. The Kier molecular flexibility index (Phi) is 3.23. The molecule has 0 spiro atoms. The number of rotatable bonds is 3. The van der Waals surface area contributed by atoms with E-state index in [1.807, 2.05) is 0 Å². The third-order valence-electron chi connectivity index (χ3n) is 3.69. The molecule has 92 valence electrons. The third-order valence-corrected chi connectivity index (χ3v) is 5.62. The van der Waals surface area contributed by atoms with Gasteiger partial charge in [0, 0.05) is 40.9 Å². The molecular formula is C12H15BrN2OS. The third kappa shape index (κ3) is 2.16. The molecule has 3 heterocycles. The number of halogens is 1. The molecule has 2 atom stereocenters. The zero-order valence-electron chi connectivity index (χ0n) is 9.49. The van der Waals surface area contributed by atoms with Crippen LogP contribution in [0.1, 0.15) is 24.1 Å². The van der Waals surface area contributed by atoms with Crippen molar-refractivity contribution in [2.45, 2.75) is 37.9 Å². The molecule has 3 nitrogen and oxygen atoms in total. The summed E-state index contributed by atoms with van der Waals surface area (Å²) in [4.78, 5) is 15.1. The Hall–Kier alpha value is -0.390. The predicted molar refractivity (Wildman–Crippen MR) is 72.0 cm³/mol. The second-order valence-corrected chi connectivity index (χ2v) is 6.53. The maximum absolute atomic E-state index is 11.8. The Morgan fingerprint density at radius 2 is 2.47 bits per heavy atom. The lowest BCUT2D eigenvalue weighted by molar-refractivity contribution is -0.127. The van der Waals surface area contributed by atoms with Crippen LogP contribution < -0.4 is 5.32 Å². The van der Waals surface area contributed by atoms with Crippen LogP contribution >= 0.6 is 27.3 Å². The van der Waals surface area contributed by atoms with Gasteiger partial charge in [0.15, 0.2) is 0 Å². The average Bonchev–Trinajstić information content (AvgIpc) is 2.96. The van der Waals surface area contributed by atoms with Gasteiger partial charge in [0.2, 0.25) is 5.91 Å². The minimum atomic E-state index is 0.329. The van der Waals surface area contributed by atoms with Crippen LogP contribution in [0, 0.1) is 0 Å². The Morgan fingerprint density at radius 3 is 3.24 bits per heavy atom. The normalized spacial score (nSPS) is 27.8. The maximum Gasteiger partial charge on any atom is 0.224 e. The number of fused-ring (bicyclic) bond motifs is 1. The minimum absolute atomic E-state index is 0.329. The quantitative estimate of drug-likeness (QED) is 0.929. The molecule has 3 rings (SSSR count). The number of amides is 1. The fourth-order valence-electron chi connectivity index (χ4n) is 2.85. The first kappa shape index (κ1) is 11.7. The van der Waals surface area contributed by atoms with Crippen molar-refractivity contribution in [3.8, 4) is 0 Å². The Morgan fingerprint density at radius 1 is 1.59 bits per heavy atom. The Balaban J connectivity index is 1.63. The van der Waals surface area contributed by atoms with Crippen LogP contribution in [0.15, 0.2) is 15.9 Å². The first-order valence-electron chi connectivity index (χ1n) is 6.00. The highest BCUT2D eigenvalue weighted by Crippen LogP contribution is 2.30. The molecule has 2 fully saturated rings. The van der Waals surface area contributed by atoms with Gasteiger partial charge in [-0.25, -0.2) is 0 Å². The van der Waals surface area contributed by atoms with Gasteiger partial charge in [0.1, 0.15) is 0 Å². The van der Waals surface area contributed by atoms with E-state index < -0.39 is 0 Å². The lowest BCUT2D eigenvalue weighted by Crippen LogP contribution is -2.38. The van der Waals surface area contributed by atoms with Crippen LogP contribution in [0.25, 0.3) is 0 Å². The van der Waals surface area contributed by atoms with Crippen LogP contribution in [0.3, 0.4) is 0 Å². The summed E-state index contributed by atoms with van der Waals surface area (Å²) >= 11 is 5.29. The van der Waals surface area contributed by atoms with Crippen molar-refractivity contribution in [2.75, 3.05) is 6.54 Å². The average molecular weight is 315 g/mol. The van der Waals surface area contributed by atoms with Gasteiger partial charge in [-0.1, -0.05) is 0 Å². The lowest BCUT2D eigenvalue weighted by Gasteiger charge is -2.20. The molecule has 0 aliphatic carbocycles. The van der Waals surface area contributed by atoms with E-state index in [9.17, 15) is 4.79 Å². The molecule has 1 aromatic rings. The Bertz CT molecular complexity index is 434. The smallest absolute Gasteiger partial charge is 0.224 e. The van der Waals surface area contributed by atoms with Crippen molar-refractivity contribution >= 4 is 33.2 Å². The summed E-state index contributed by atoms with van der Waals surface area (Å²) in [5.41, 5.74) is 0. The van der Waals surface area contributed by atoms with Gasteiger partial charge in [-0.3, -0.25) is 4.79 Å². The topological polar surface area (TPSA) is 32.3 Å². The number of hydrogen-bond acceptors (Lipinski definition) is 3. The molecule has 2 saturated heterocycles. The first-order chi connectivity index (χ1) is 8.25. The summed E-state index contributed by atoms with van der Waals surface area (Å²) < 4.78 is 1.17. The van der Waals surface area contributed by atoms with E-state index >= 15 is 0 Å². The summed E-state index contributed by atoms with van der Waals surface area (Å²) in [5.74, 6) is 0.329. The molecule has 1 amide bonds. The fourth-order valence-corrected chi connectivity index (χ4v) is 4.29. The highest BCUT2D eigenvalue weighted by molar-refractivity contribution is 9.10. The number of hydrogen-bond donors (Lipinski definition) is 1. The summed E-state index contributed by atoms with van der Waals surface area (Å²) in [5, 5.41) is 5.63. The highest BCUT2D eigenvalue weighted by Gasteiger charge is 2.41. The second-order valence-electron chi connectivity index (χ2n) is 4.68. The predicted octanol–water partition coefficient (Wildman–Crippen LogP) is 2.36. The lowest BCUT2D eigenvalue weighted by atomic mass is 10.1. The minimum Gasteiger partial charge on any atom is -0.338 e. The van der Waals surface area contributed by atoms with E-state index in [2.05, 4.69) is 37.6 Å². The van der Waals surface area contributed by atoms with Gasteiger partial charge in [-0.05, 0) is 40.2 Å². The second kappa shape index (κ2) is 4.71. The molecular weight excluding hydrogens is 300 g/mol. The molecule has 2 unspecified atom stereocenters. The molecule has 0 bridgehead atoms. The zero-order valence-corrected chi connectivity index (χ0v) is 11.9. The summed E-state index contributed by atoms with van der Waals surface area (Å²) in [6.07, 6.45) is 3.00. The van der Waals surface area contributed by atoms with E-state index in [-0.39, 0.29) is 0 Å². The van der Waals surface area contributed by atoms with Gasteiger partial charge in [-0.15, -0.1) is 11.3 Å². The van der Waals surface area contributed by atoms with Gasteiger partial charge in [0.05, 0.1) is 0 Å². The molecule has 5 heteroatoms. The van der Waals surface area contributed by atoms with Crippen molar-refractivity contribution in [2.24, 2.45) is 0 Å². The summed E-state index contributed by atoms with van der Waals surface area (Å²) in [7, 11) is 0. The largest absolute Gasteiger partial charge is 0.338 e. The molecule has 1 N–H and O–H groups in total. The number of carbonyl (C=O) groups is 1. The van der Waals surface area contributed by atoms with Crippen molar-refractivity contribution in [1.29, 1.82) is 0 Å². The molecule has 1 aromatic heterocycles. The van der Waals surface area contributed by atoms with Gasteiger partial charge >= 0.3 is 0 Å². The molecule has 0 aromatic carbocycles. The number of nitrogens with one attached hydrogen (secondary N) is 1. The number of thiophene rings is 1. The van der Waals surface area contributed by atoms with Crippen molar-refractivity contribution < 1.29 is 4.79 Å². The molecule has 17 heavy (non-hydrogen) atoms. The van der Waals surface area contributed by atoms with Gasteiger partial charge in [0.25, 0.3) is 0 Å². The van der Waals surface area contributed by atoms with Gasteiger partial charge < -0.3 is 10.2 Å². The van der Waals surface area contributed by atoms with Crippen LogP contribution in [-0.2, 0) is 11.3 Å². The van der Waals surface area contributed by atoms with Crippen LogP contribution in [0.5, 0.6) is 0 Å². The van der Waals surface area contributed by atoms with Crippen molar-refractivity contribution in [1.82, 2.24) is 10.2 Å². The highest BCUT2D eigenvalue weighted by atomic mass is 79.9. The monoisotopic (exact) mass is 314 g/mol. The standard InChI is InChI=1S/C12H15BrN2OS/c13-8-3-5-17-11(8)7-14-9-6-12(16)15-4-1-2-10(9)15/h3,5,9-10,14H,1-2,4,6-7H2. The Labute approximate surface area is 113 Å². The number of nitrogens with zero attached hydrogens (tertiary/aromatic N) is 1. The van der Waals surface area contributed by atoms with Crippen molar-refractivity contribution in [3.05, 3.63) is 20.8 Å². The molecule has 0 radical (unpaired) electrons. The van der Waals surface area contributed by atoms with E-state index in [4.69, 9.17) is 0 Å². The van der Waals surface area contributed by atoms with E-state index in [0.29, 0.717) is 24.4 Å². The number of carbonyl (C=O) groups excluding carboxylic acids is 1.